The van der Waals surface area contributed by atoms with E-state index in [2.05, 4.69) is 20.6 Å². The van der Waals surface area contributed by atoms with Crippen LogP contribution in [0.5, 0.6) is 0 Å². The number of carbonyl (C=O) groups is 1. The third-order valence-corrected chi connectivity index (χ3v) is 8.43. The first-order chi connectivity index (χ1) is 18.5. The first kappa shape index (κ1) is 27.0. The van der Waals surface area contributed by atoms with Gasteiger partial charge in [-0.25, -0.2) is 27.2 Å². The molecule has 2 aromatic heterocycles. The number of benzene rings is 2. The van der Waals surface area contributed by atoms with Gasteiger partial charge in [0, 0.05) is 29.2 Å². The van der Waals surface area contributed by atoms with Crippen LogP contribution in [0, 0.1) is 0 Å². The molecule has 0 saturated heterocycles. The molecule has 0 spiro atoms. The second-order valence-corrected chi connectivity index (χ2v) is 12.8. The minimum absolute atomic E-state index is 0.0229. The lowest BCUT2D eigenvalue weighted by Gasteiger charge is -2.21. The van der Waals surface area contributed by atoms with Gasteiger partial charge in [0.1, 0.15) is 5.60 Å². The molecule has 2 aromatic carbocycles. The highest BCUT2D eigenvalue weighted by atomic mass is 35.5. The molecular formula is C28H30ClN5O4S. The number of rotatable bonds is 6. The molecule has 1 aliphatic rings. The lowest BCUT2D eigenvalue weighted by Crippen LogP contribution is -2.38. The monoisotopic (exact) mass is 567 g/mol. The number of fused-ring (bicyclic) bond motifs is 1. The Morgan fingerprint density at radius 1 is 1.05 bits per heavy atom. The van der Waals surface area contributed by atoms with Crippen LogP contribution in [0.15, 0.2) is 71.9 Å². The van der Waals surface area contributed by atoms with E-state index in [1.54, 1.807) is 48.7 Å². The zero-order valence-corrected chi connectivity index (χ0v) is 23.5. The Hall–Kier alpha value is -3.63. The minimum atomic E-state index is -3.85. The fourth-order valence-electron chi connectivity index (χ4n) is 4.77. The highest BCUT2D eigenvalue weighted by molar-refractivity contribution is 7.90. The molecular weight excluding hydrogens is 538 g/mol. The van der Waals surface area contributed by atoms with E-state index in [1.165, 1.54) is 10.2 Å². The van der Waals surface area contributed by atoms with E-state index in [0.29, 0.717) is 39.6 Å². The number of ether oxygens (including phenoxy) is 1. The molecule has 2 heterocycles. The molecule has 11 heteroatoms. The number of alkyl carbamates (subject to hydrolysis) is 1. The Morgan fingerprint density at radius 3 is 2.49 bits per heavy atom. The highest BCUT2D eigenvalue weighted by Gasteiger charge is 2.29. The fourth-order valence-corrected chi connectivity index (χ4v) is 6.35. The van der Waals surface area contributed by atoms with Crippen LogP contribution in [-0.2, 0) is 14.8 Å². The maximum absolute atomic E-state index is 13.5. The first-order valence-corrected chi connectivity index (χ1v) is 14.5. The van der Waals surface area contributed by atoms with E-state index in [9.17, 15) is 13.2 Å². The van der Waals surface area contributed by atoms with Gasteiger partial charge >= 0.3 is 6.09 Å². The van der Waals surface area contributed by atoms with Crippen molar-refractivity contribution in [1.29, 1.82) is 0 Å². The Morgan fingerprint density at radius 2 is 1.74 bits per heavy atom. The molecule has 1 fully saturated rings. The summed E-state index contributed by atoms with van der Waals surface area (Å²) in [7, 11) is -3.85. The van der Waals surface area contributed by atoms with Crippen molar-refractivity contribution >= 4 is 44.6 Å². The summed E-state index contributed by atoms with van der Waals surface area (Å²) in [4.78, 5) is 21.4. The lowest BCUT2D eigenvalue weighted by molar-refractivity contribution is 0.0505. The van der Waals surface area contributed by atoms with E-state index in [4.69, 9.17) is 16.3 Å². The molecule has 0 aliphatic heterocycles. The summed E-state index contributed by atoms with van der Waals surface area (Å²) < 4.78 is 33.6. The Labute approximate surface area is 232 Å². The second-order valence-electron chi connectivity index (χ2n) is 10.6. The average Bonchev–Trinajstić information content (AvgIpc) is 3.49. The summed E-state index contributed by atoms with van der Waals surface area (Å²) in [6.07, 6.45) is 4.94. The first-order valence-electron chi connectivity index (χ1n) is 12.7. The zero-order chi connectivity index (χ0) is 27.8. The van der Waals surface area contributed by atoms with Crippen LogP contribution < -0.4 is 10.6 Å². The van der Waals surface area contributed by atoms with Gasteiger partial charge in [0.15, 0.2) is 0 Å². The molecule has 1 aliphatic carbocycles. The van der Waals surface area contributed by atoms with Crippen LogP contribution in [0.4, 0.5) is 10.7 Å². The van der Waals surface area contributed by atoms with E-state index < -0.39 is 21.7 Å². The second kappa shape index (κ2) is 10.5. The number of hydrogen-bond acceptors (Lipinski definition) is 7. The number of anilines is 1. The van der Waals surface area contributed by atoms with E-state index in [-0.39, 0.29) is 17.0 Å². The molecule has 2 atom stereocenters. The molecule has 9 nitrogen and oxygen atoms in total. The van der Waals surface area contributed by atoms with Gasteiger partial charge < -0.3 is 15.4 Å². The topological polar surface area (TPSA) is 115 Å². The van der Waals surface area contributed by atoms with Gasteiger partial charge in [-0.2, -0.15) is 0 Å². The van der Waals surface area contributed by atoms with Crippen LogP contribution in [0.25, 0.3) is 22.2 Å². The van der Waals surface area contributed by atoms with Crippen molar-refractivity contribution in [2.45, 2.75) is 62.6 Å². The van der Waals surface area contributed by atoms with Crippen molar-refractivity contribution in [3.8, 4) is 11.3 Å². The molecule has 39 heavy (non-hydrogen) atoms. The normalized spacial score (nSPS) is 17.7. The minimum Gasteiger partial charge on any atom is -0.444 e. The van der Waals surface area contributed by atoms with E-state index in [1.807, 2.05) is 32.9 Å². The number of nitrogens with one attached hydrogen (secondary N) is 2. The summed E-state index contributed by atoms with van der Waals surface area (Å²) in [6.45, 7) is 5.49. The predicted octanol–water partition coefficient (Wildman–Crippen LogP) is 5.85. The number of aromatic nitrogens is 3. The van der Waals surface area contributed by atoms with Gasteiger partial charge in [0.2, 0.25) is 5.95 Å². The molecule has 1 amide bonds. The zero-order valence-electron chi connectivity index (χ0n) is 21.9. The molecule has 204 valence electrons. The van der Waals surface area contributed by atoms with Gasteiger partial charge in [0.05, 0.1) is 27.3 Å². The smallest absolute Gasteiger partial charge is 0.407 e. The van der Waals surface area contributed by atoms with Crippen molar-refractivity contribution in [2.24, 2.45) is 0 Å². The Kier molecular flexibility index (Phi) is 7.26. The number of carbonyl (C=O) groups excluding carboxylic acids is 1. The van der Waals surface area contributed by atoms with Gasteiger partial charge in [0.25, 0.3) is 10.0 Å². The number of nitrogens with zero attached hydrogens (tertiary/aromatic N) is 3. The van der Waals surface area contributed by atoms with Crippen molar-refractivity contribution in [1.82, 2.24) is 19.3 Å². The van der Waals surface area contributed by atoms with Crippen molar-refractivity contribution in [3.05, 3.63) is 72.0 Å². The molecule has 0 bridgehead atoms. The van der Waals surface area contributed by atoms with Gasteiger partial charge in [-0.05, 0) is 58.2 Å². The number of halogens is 1. The van der Waals surface area contributed by atoms with Gasteiger partial charge in [-0.3, -0.25) is 0 Å². The molecule has 0 unspecified atom stereocenters. The summed E-state index contributed by atoms with van der Waals surface area (Å²) in [6, 6.07) is 15.5. The van der Waals surface area contributed by atoms with Crippen LogP contribution in [0.1, 0.15) is 40.0 Å². The number of amides is 1. The van der Waals surface area contributed by atoms with E-state index in [0.717, 1.165) is 12.8 Å². The maximum atomic E-state index is 13.5. The number of para-hydroxylation sites is 1. The third kappa shape index (κ3) is 5.86. The van der Waals surface area contributed by atoms with Gasteiger partial charge in [-0.15, -0.1) is 0 Å². The van der Waals surface area contributed by atoms with E-state index >= 15 is 0 Å². The molecule has 0 radical (unpaired) electrons. The van der Waals surface area contributed by atoms with Crippen LogP contribution in [-0.4, -0.2) is 46.1 Å². The molecule has 2 N–H and O–H groups in total. The van der Waals surface area contributed by atoms with Crippen molar-refractivity contribution in [3.63, 3.8) is 0 Å². The largest absolute Gasteiger partial charge is 0.444 e. The van der Waals surface area contributed by atoms with Crippen molar-refractivity contribution in [2.75, 3.05) is 5.32 Å². The number of hydrogen-bond donors (Lipinski definition) is 2. The van der Waals surface area contributed by atoms with Crippen molar-refractivity contribution < 1.29 is 17.9 Å². The fraction of sp³-hybridized carbons (Fsp3) is 0.321. The lowest BCUT2D eigenvalue weighted by atomic mass is 10.1. The van der Waals surface area contributed by atoms with Crippen LogP contribution in [0.2, 0.25) is 5.02 Å². The standard InChI is InChI=1S/C28H30ClN5O4S/c1-28(2,3)38-27(35)32-19-14-13-18(15-19)31-26-30-16-23(29)25(33-26)22-17-34(24-12-8-7-11-21(22)24)39(36,37)20-9-5-4-6-10-20/h4-12,16-19H,13-15H2,1-3H3,(H,32,35)(H,30,31,33)/t18-,19+/m0/s1. The summed E-state index contributed by atoms with van der Waals surface area (Å²) in [5, 5.41) is 7.27. The predicted molar refractivity (Wildman–Crippen MR) is 151 cm³/mol. The SMILES string of the molecule is CC(C)(C)OC(=O)N[C@@H]1CC[C@H](Nc2ncc(Cl)c(-c3cn(S(=O)(=O)c4ccccc4)c4ccccc34)n2)C1. The summed E-state index contributed by atoms with van der Waals surface area (Å²) in [5.74, 6) is 0.375. The third-order valence-electron chi connectivity index (χ3n) is 6.46. The summed E-state index contributed by atoms with van der Waals surface area (Å²) >= 11 is 6.55. The summed E-state index contributed by atoms with van der Waals surface area (Å²) in [5.41, 5.74) is 0.967. The Balaban J connectivity index is 1.41. The molecule has 1 saturated carbocycles. The van der Waals surface area contributed by atoms with Crippen LogP contribution in [0.3, 0.4) is 0 Å². The average molecular weight is 568 g/mol. The maximum Gasteiger partial charge on any atom is 0.407 e. The molecule has 5 rings (SSSR count). The quantitative estimate of drug-likeness (QED) is 0.300. The highest BCUT2D eigenvalue weighted by Crippen LogP contribution is 2.36. The Bertz CT molecular complexity index is 1620. The van der Waals surface area contributed by atoms with Gasteiger partial charge in [-0.1, -0.05) is 48.0 Å². The van der Waals surface area contributed by atoms with Crippen LogP contribution >= 0.6 is 11.6 Å². The molecule has 4 aromatic rings.